The molecule has 148 valence electrons. The van der Waals surface area contributed by atoms with Crippen LogP contribution in [0.1, 0.15) is 0 Å². The van der Waals surface area contributed by atoms with Crippen molar-refractivity contribution in [1.82, 2.24) is 4.90 Å². The minimum Gasteiger partial charge on any atom is -0.492 e. The maximum Gasteiger partial charge on any atom is 0.393 e. The molecule has 11 heteroatoms. The molecule has 1 aromatic carbocycles. The van der Waals surface area contributed by atoms with E-state index in [4.69, 9.17) is 9.84 Å². The predicted molar refractivity (Wildman–Crippen MR) is 89.4 cm³/mol. The number of nitrogens with zero attached hydrogens (tertiary/aromatic N) is 1. The molecule has 1 saturated heterocycles. The maximum atomic E-state index is 12.9. The predicted octanol–water partition coefficient (Wildman–Crippen LogP) is 2.09. The monoisotopic (exact) mass is 417 g/mol. The van der Waals surface area contributed by atoms with Gasteiger partial charge in [-0.2, -0.15) is 13.2 Å². The molecule has 2 atom stereocenters. The molecule has 1 fully saturated rings. The van der Waals surface area contributed by atoms with Gasteiger partial charge in [0.2, 0.25) is 0 Å². The van der Waals surface area contributed by atoms with E-state index < -0.39 is 40.4 Å². The first-order valence-corrected chi connectivity index (χ1v) is 9.32. The first-order chi connectivity index (χ1) is 11.5. The molecule has 6 nitrogen and oxygen atoms in total. The zero-order valence-corrected chi connectivity index (χ0v) is 15.4. The number of hydrogen-bond donors (Lipinski definition) is 1. The summed E-state index contributed by atoms with van der Waals surface area (Å²) in [7, 11) is -3.39. The van der Waals surface area contributed by atoms with Crippen molar-refractivity contribution in [2.75, 3.05) is 32.5 Å². The van der Waals surface area contributed by atoms with Crippen molar-refractivity contribution < 1.29 is 36.2 Å². The van der Waals surface area contributed by atoms with Crippen molar-refractivity contribution in [2.45, 2.75) is 11.1 Å². The smallest absolute Gasteiger partial charge is 0.393 e. The van der Waals surface area contributed by atoms with E-state index in [1.807, 2.05) is 0 Å². The zero-order valence-electron chi connectivity index (χ0n) is 13.8. The van der Waals surface area contributed by atoms with Crippen LogP contribution in [0.3, 0.4) is 0 Å². The number of sulfone groups is 1. The third-order valence-corrected chi connectivity index (χ3v) is 5.15. The van der Waals surface area contributed by atoms with E-state index >= 15 is 0 Å². The summed E-state index contributed by atoms with van der Waals surface area (Å²) in [6.07, 6.45) is -3.51. The Kier molecular flexibility index (Phi) is 7.32. The Bertz CT molecular complexity index is 741. The lowest BCUT2D eigenvalue weighted by molar-refractivity contribution is -0.188. The topological polar surface area (TPSA) is 83.9 Å². The minimum absolute atomic E-state index is 0. The fourth-order valence-corrected chi connectivity index (χ4v) is 3.39. The molecule has 0 aromatic heterocycles. The fraction of sp³-hybridized carbons (Fsp3) is 0.533. The highest BCUT2D eigenvalue weighted by atomic mass is 35.5. The summed E-state index contributed by atoms with van der Waals surface area (Å²) in [5, 5.41) is 8.96. The van der Waals surface area contributed by atoms with Gasteiger partial charge < -0.3 is 9.84 Å². The van der Waals surface area contributed by atoms with Crippen LogP contribution in [0.4, 0.5) is 13.2 Å². The molecular weight excluding hydrogens is 399 g/mol. The van der Waals surface area contributed by atoms with E-state index in [9.17, 15) is 26.4 Å². The average molecular weight is 418 g/mol. The van der Waals surface area contributed by atoms with Crippen molar-refractivity contribution in [3.05, 3.63) is 24.3 Å². The molecule has 26 heavy (non-hydrogen) atoms. The van der Waals surface area contributed by atoms with Crippen LogP contribution >= 0.6 is 12.4 Å². The molecule has 1 N–H and O–H groups in total. The fourth-order valence-electron chi connectivity index (χ4n) is 2.74. The summed E-state index contributed by atoms with van der Waals surface area (Å²) >= 11 is 0. The van der Waals surface area contributed by atoms with Gasteiger partial charge in [-0.3, -0.25) is 9.69 Å². The third kappa shape index (κ3) is 5.75. The number of ether oxygens (including phenoxy) is 1. The van der Waals surface area contributed by atoms with Gasteiger partial charge in [-0.05, 0) is 18.2 Å². The lowest BCUT2D eigenvalue weighted by Crippen LogP contribution is -2.33. The van der Waals surface area contributed by atoms with Crippen molar-refractivity contribution in [3.8, 4) is 5.75 Å². The lowest BCUT2D eigenvalue weighted by Gasteiger charge is -2.18. The number of carboxylic acids is 1. The highest BCUT2D eigenvalue weighted by molar-refractivity contribution is 7.90. The Hall–Kier alpha value is -1.52. The standard InChI is InChI=1S/C15H18F3NO5S.ClH/c1-25(22,23)11-4-2-3-10(7-11)24-6-5-19-8-12(14(20)21)13(9-19)15(16,17)18;/h2-4,7,12-13H,5-6,8-9H2,1H3,(H,20,21);1H/t12-,13-;/m1./s1. The van der Waals surface area contributed by atoms with Gasteiger partial charge in [0.15, 0.2) is 9.84 Å². The number of aliphatic carboxylic acids is 1. The Morgan fingerprint density at radius 2 is 2.00 bits per heavy atom. The Labute approximate surface area is 155 Å². The van der Waals surface area contributed by atoms with E-state index in [0.717, 1.165) is 6.26 Å². The highest BCUT2D eigenvalue weighted by Crippen LogP contribution is 2.37. The highest BCUT2D eigenvalue weighted by Gasteiger charge is 2.52. The molecule has 0 radical (unpaired) electrons. The number of benzene rings is 1. The van der Waals surface area contributed by atoms with Crippen molar-refractivity contribution in [3.63, 3.8) is 0 Å². The molecule has 1 aliphatic rings. The van der Waals surface area contributed by atoms with Gasteiger partial charge >= 0.3 is 12.1 Å². The minimum atomic E-state index is -4.57. The van der Waals surface area contributed by atoms with Crippen molar-refractivity contribution in [2.24, 2.45) is 11.8 Å². The summed E-state index contributed by atoms with van der Waals surface area (Å²) in [5.41, 5.74) is 0. The van der Waals surface area contributed by atoms with Gasteiger partial charge in [-0.1, -0.05) is 6.07 Å². The molecule has 0 spiro atoms. The molecule has 0 unspecified atom stereocenters. The number of rotatable bonds is 6. The van der Waals surface area contributed by atoms with Crippen LogP contribution in [-0.4, -0.2) is 63.1 Å². The number of carboxylic acid groups (broad SMARTS) is 1. The molecular formula is C15H19ClF3NO5S. The second-order valence-corrected chi connectivity index (χ2v) is 7.96. The SMILES string of the molecule is CS(=O)(=O)c1cccc(OCCN2C[C@@H](C(F)(F)F)[C@H](C(=O)O)C2)c1.Cl. The number of halogens is 4. The van der Waals surface area contributed by atoms with Crippen LogP contribution in [0.5, 0.6) is 5.75 Å². The van der Waals surface area contributed by atoms with E-state index in [1.165, 1.54) is 29.2 Å². The third-order valence-electron chi connectivity index (χ3n) is 4.04. The molecule has 0 bridgehead atoms. The summed E-state index contributed by atoms with van der Waals surface area (Å²) < 4.78 is 67.1. The van der Waals surface area contributed by atoms with Gasteiger partial charge in [-0.15, -0.1) is 12.4 Å². The van der Waals surface area contributed by atoms with E-state index in [-0.39, 0.29) is 42.7 Å². The molecule has 0 saturated carbocycles. The second-order valence-electron chi connectivity index (χ2n) is 5.95. The molecule has 1 heterocycles. The maximum absolute atomic E-state index is 12.9. The first-order valence-electron chi connectivity index (χ1n) is 7.43. The van der Waals surface area contributed by atoms with Crippen LogP contribution in [0, 0.1) is 11.8 Å². The number of carbonyl (C=O) groups is 1. The van der Waals surface area contributed by atoms with E-state index in [1.54, 1.807) is 0 Å². The summed E-state index contributed by atoms with van der Waals surface area (Å²) in [6, 6.07) is 5.78. The number of alkyl halides is 3. The molecule has 0 aliphatic carbocycles. The van der Waals surface area contributed by atoms with Gasteiger partial charge in [-0.25, -0.2) is 8.42 Å². The molecule has 1 aromatic rings. The normalized spacial score (nSPS) is 21.2. The molecule has 0 amide bonds. The van der Waals surface area contributed by atoms with Crippen LogP contribution in [-0.2, 0) is 14.6 Å². The summed E-state index contributed by atoms with van der Waals surface area (Å²) in [5.74, 6) is -4.58. The van der Waals surface area contributed by atoms with Gasteiger partial charge in [0.1, 0.15) is 12.4 Å². The van der Waals surface area contributed by atoms with Crippen LogP contribution < -0.4 is 4.74 Å². The summed E-state index contributed by atoms with van der Waals surface area (Å²) in [4.78, 5) is 12.5. The average Bonchev–Trinajstić information content (AvgIpc) is 2.91. The lowest BCUT2D eigenvalue weighted by atomic mass is 9.96. The number of likely N-dealkylation sites (tertiary alicyclic amines) is 1. The van der Waals surface area contributed by atoms with E-state index in [0.29, 0.717) is 0 Å². The zero-order chi connectivity index (χ0) is 18.8. The molecule has 2 rings (SSSR count). The quantitative estimate of drug-likeness (QED) is 0.763. The first kappa shape index (κ1) is 22.5. The van der Waals surface area contributed by atoms with E-state index in [2.05, 4.69) is 0 Å². The molecule has 1 aliphatic heterocycles. The number of hydrogen-bond acceptors (Lipinski definition) is 5. The largest absolute Gasteiger partial charge is 0.492 e. The Morgan fingerprint density at radius 1 is 1.35 bits per heavy atom. The van der Waals surface area contributed by atoms with Gasteiger partial charge in [0.25, 0.3) is 0 Å². The summed E-state index contributed by atoms with van der Waals surface area (Å²) in [6.45, 7) is -0.469. The van der Waals surface area contributed by atoms with Gasteiger partial charge in [0, 0.05) is 25.9 Å². The van der Waals surface area contributed by atoms with Gasteiger partial charge in [0.05, 0.1) is 16.7 Å². The van der Waals surface area contributed by atoms with Crippen LogP contribution in [0.15, 0.2) is 29.2 Å². The van der Waals surface area contributed by atoms with Crippen LogP contribution in [0.25, 0.3) is 0 Å². The van der Waals surface area contributed by atoms with Crippen LogP contribution in [0.2, 0.25) is 0 Å². The van der Waals surface area contributed by atoms with Crippen molar-refractivity contribution >= 4 is 28.2 Å². The Morgan fingerprint density at radius 3 is 2.50 bits per heavy atom. The Balaban J connectivity index is 0.00000338. The second kappa shape index (κ2) is 8.45. The van der Waals surface area contributed by atoms with Crippen molar-refractivity contribution in [1.29, 1.82) is 0 Å².